The molecule has 1 aliphatic heterocycles. The lowest BCUT2D eigenvalue weighted by Gasteiger charge is -2.21. The minimum Gasteiger partial charge on any atom is -0.465 e. The Bertz CT molecular complexity index is 1020. The molecule has 8 heteroatoms. The molecule has 1 N–H and O–H groups in total. The molecule has 2 aromatic carbocycles. The number of carbonyl (C=O) groups is 2. The van der Waals surface area contributed by atoms with Crippen molar-refractivity contribution in [3.63, 3.8) is 0 Å². The number of benzene rings is 2. The monoisotopic (exact) mass is 402 g/mol. The van der Waals surface area contributed by atoms with Crippen LogP contribution < -0.4 is 9.62 Å². The number of rotatable bonds is 5. The van der Waals surface area contributed by atoms with Crippen LogP contribution in [0.4, 0.5) is 5.69 Å². The van der Waals surface area contributed by atoms with Crippen molar-refractivity contribution >= 4 is 27.6 Å². The molecule has 0 fully saturated rings. The van der Waals surface area contributed by atoms with E-state index in [1.807, 2.05) is 6.92 Å². The van der Waals surface area contributed by atoms with Gasteiger partial charge in [0.15, 0.2) is 0 Å². The van der Waals surface area contributed by atoms with Crippen LogP contribution in [0.25, 0.3) is 0 Å². The Morgan fingerprint density at radius 1 is 1.14 bits per heavy atom. The number of carbonyl (C=O) groups excluding carboxylic acids is 2. The third-order valence-corrected chi connectivity index (χ3v) is 5.95. The first-order valence-corrected chi connectivity index (χ1v) is 10.6. The summed E-state index contributed by atoms with van der Waals surface area (Å²) in [6.45, 7) is 2.15. The van der Waals surface area contributed by atoms with Crippen molar-refractivity contribution in [1.82, 2.24) is 5.32 Å². The molecule has 7 nitrogen and oxygen atoms in total. The highest BCUT2D eigenvalue weighted by molar-refractivity contribution is 7.92. The van der Waals surface area contributed by atoms with Gasteiger partial charge in [-0.25, -0.2) is 13.2 Å². The normalized spacial score (nSPS) is 15.8. The van der Waals surface area contributed by atoms with Crippen LogP contribution in [0.15, 0.2) is 42.5 Å². The fraction of sp³-hybridized carbons (Fsp3) is 0.300. The molecule has 0 radical (unpaired) electrons. The highest BCUT2D eigenvalue weighted by Crippen LogP contribution is 2.34. The maximum atomic E-state index is 12.5. The van der Waals surface area contributed by atoms with Gasteiger partial charge in [0.25, 0.3) is 5.91 Å². The van der Waals surface area contributed by atoms with Gasteiger partial charge in [-0.1, -0.05) is 12.1 Å². The molecule has 1 aliphatic rings. The van der Waals surface area contributed by atoms with Crippen molar-refractivity contribution in [2.45, 2.75) is 25.9 Å². The zero-order chi connectivity index (χ0) is 20.5. The molecule has 1 atom stereocenters. The first kappa shape index (κ1) is 19.9. The van der Waals surface area contributed by atoms with Crippen molar-refractivity contribution in [3.05, 3.63) is 64.7 Å². The van der Waals surface area contributed by atoms with Crippen molar-refractivity contribution in [2.75, 3.05) is 17.7 Å². The van der Waals surface area contributed by atoms with E-state index in [1.54, 1.807) is 42.5 Å². The molecule has 0 spiro atoms. The van der Waals surface area contributed by atoms with Crippen molar-refractivity contribution in [3.8, 4) is 0 Å². The quantitative estimate of drug-likeness (QED) is 0.774. The zero-order valence-electron chi connectivity index (χ0n) is 15.9. The van der Waals surface area contributed by atoms with Gasteiger partial charge >= 0.3 is 5.97 Å². The molecule has 0 aromatic heterocycles. The van der Waals surface area contributed by atoms with E-state index in [2.05, 4.69) is 10.1 Å². The molecule has 3 rings (SSSR count). The van der Waals surface area contributed by atoms with Crippen molar-refractivity contribution in [1.29, 1.82) is 0 Å². The molecular weight excluding hydrogens is 380 g/mol. The van der Waals surface area contributed by atoms with Gasteiger partial charge in [0.1, 0.15) is 0 Å². The van der Waals surface area contributed by atoms with Crippen LogP contribution in [0, 0.1) is 0 Å². The summed E-state index contributed by atoms with van der Waals surface area (Å²) in [6, 6.07) is 11.7. The lowest BCUT2D eigenvalue weighted by Crippen LogP contribution is -2.34. The summed E-state index contributed by atoms with van der Waals surface area (Å²) in [7, 11) is -2.03. The van der Waals surface area contributed by atoms with E-state index in [1.165, 1.54) is 17.7 Å². The number of nitrogens with one attached hydrogen (secondary N) is 1. The zero-order valence-corrected chi connectivity index (χ0v) is 16.7. The van der Waals surface area contributed by atoms with Gasteiger partial charge in [0.05, 0.1) is 24.6 Å². The molecule has 0 aliphatic carbocycles. The SMILES string of the molecule is COC(=O)c1ccc(CNC(=O)c2ccc3c(c2)CC(C)N3S(C)(=O)=O)cc1. The van der Waals surface area contributed by atoms with Crippen LogP contribution in [-0.2, 0) is 27.7 Å². The second kappa shape index (κ2) is 7.63. The number of sulfonamides is 1. The minimum atomic E-state index is -3.36. The smallest absolute Gasteiger partial charge is 0.337 e. The van der Waals surface area contributed by atoms with E-state index in [0.717, 1.165) is 11.1 Å². The van der Waals surface area contributed by atoms with Gasteiger partial charge in [0.2, 0.25) is 10.0 Å². The van der Waals surface area contributed by atoms with Crippen LogP contribution in [0.3, 0.4) is 0 Å². The summed E-state index contributed by atoms with van der Waals surface area (Å²) < 4.78 is 30.0. The molecular formula is C20H22N2O5S. The number of amides is 1. The van der Waals surface area contributed by atoms with Crippen LogP contribution in [0.1, 0.15) is 38.8 Å². The van der Waals surface area contributed by atoms with E-state index < -0.39 is 16.0 Å². The van der Waals surface area contributed by atoms with Crippen LogP contribution in [0.2, 0.25) is 0 Å². The fourth-order valence-electron chi connectivity index (χ4n) is 3.41. The third kappa shape index (κ3) is 4.01. The first-order valence-electron chi connectivity index (χ1n) is 8.78. The van der Waals surface area contributed by atoms with E-state index in [4.69, 9.17) is 0 Å². The number of methoxy groups -OCH3 is 1. The van der Waals surface area contributed by atoms with Gasteiger partial charge in [-0.3, -0.25) is 9.10 Å². The van der Waals surface area contributed by atoms with Gasteiger partial charge in [0, 0.05) is 18.2 Å². The summed E-state index contributed by atoms with van der Waals surface area (Å²) in [5, 5.41) is 2.83. The molecule has 2 aromatic rings. The highest BCUT2D eigenvalue weighted by atomic mass is 32.2. The van der Waals surface area contributed by atoms with Gasteiger partial charge in [-0.15, -0.1) is 0 Å². The van der Waals surface area contributed by atoms with Gasteiger partial charge in [-0.2, -0.15) is 0 Å². The highest BCUT2D eigenvalue weighted by Gasteiger charge is 2.32. The van der Waals surface area contributed by atoms with Crippen LogP contribution in [-0.4, -0.2) is 39.7 Å². The van der Waals surface area contributed by atoms with Crippen LogP contribution >= 0.6 is 0 Å². The van der Waals surface area contributed by atoms with E-state index in [-0.39, 0.29) is 11.9 Å². The molecule has 1 heterocycles. The third-order valence-electron chi connectivity index (χ3n) is 4.68. The van der Waals surface area contributed by atoms with Gasteiger partial charge < -0.3 is 10.1 Å². The molecule has 28 heavy (non-hydrogen) atoms. The average Bonchev–Trinajstić information content (AvgIpc) is 3.00. The Kier molecular flexibility index (Phi) is 5.42. The summed E-state index contributed by atoms with van der Waals surface area (Å²) >= 11 is 0. The van der Waals surface area contributed by atoms with E-state index in [9.17, 15) is 18.0 Å². The molecule has 0 saturated heterocycles. The summed E-state index contributed by atoms with van der Waals surface area (Å²) in [5.41, 5.74) is 3.24. The number of hydrogen-bond donors (Lipinski definition) is 1. The Labute approximate surface area is 164 Å². The number of anilines is 1. The lowest BCUT2D eigenvalue weighted by atomic mass is 10.1. The Morgan fingerprint density at radius 3 is 2.39 bits per heavy atom. The summed E-state index contributed by atoms with van der Waals surface area (Å²) in [6.07, 6.45) is 1.75. The second-order valence-corrected chi connectivity index (χ2v) is 8.69. The second-order valence-electron chi connectivity index (χ2n) is 6.83. The topological polar surface area (TPSA) is 92.8 Å². The largest absolute Gasteiger partial charge is 0.465 e. The minimum absolute atomic E-state index is 0.170. The van der Waals surface area contributed by atoms with E-state index in [0.29, 0.717) is 29.8 Å². The number of fused-ring (bicyclic) bond motifs is 1. The molecule has 0 saturated carbocycles. The molecule has 0 bridgehead atoms. The molecule has 1 unspecified atom stereocenters. The number of nitrogens with zero attached hydrogens (tertiary/aromatic N) is 1. The maximum Gasteiger partial charge on any atom is 0.337 e. The predicted molar refractivity (Wildman–Crippen MR) is 106 cm³/mol. The maximum absolute atomic E-state index is 12.5. The van der Waals surface area contributed by atoms with Crippen LogP contribution in [0.5, 0.6) is 0 Å². The fourth-order valence-corrected chi connectivity index (χ4v) is 4.67. The number of esters is 1. The summed E-state index contributed by atoms with van der Waals surface area (Å²) in [4.78, 5) is 23.9. The molecule has 148 valence electrons. The predicted octanol–water partition coefficient (Wildman–Crippen LogP) is 2.11. The van der Waals surface area contributed by atoms with Gasteiger partial charge in [-0.05, 0) is 54.8 Å². The lowest BCUT2D eigenvalue weighted by molar-refractivity contribution is 0.0600. The van der Waals surface area contributed by atoms with Crippen molar-refractivity contribution < 1.29 is 22.7 Å². The Morgan fingerprint density at radius 2 is 1.79 bits per heavy atom. The number of hydrogen-bond acceptors (Lipinski definition) is 5. The average molecular weight is 402 g/mol. The Balaban J connectivity index is 1.69. The Hall–Kier alpha value is -2.87. The summed E-state index contributed by atoms with van der Waals surface area (Å²) in [5.74, 6) is -0.656. The number of ether oxygens (including phenoxy) is 1. The first-order chi connectivity index (χ1) is 13.2. The van der Waals surface area contributed by atoms with Crippen molar-refractivity contribution in [2.24, 2.45) is 0 Å². The molecule has 1 amide bonds. The van der Waals surface area contributed by atoms with E-state index >= 15 is 0 Å². The standard InChI is InChI=1S/C20H22N2O5S/c1-13-10-17-11-16(8-9-18(17)22(13)28(3,25)26)19(23)21-12-14-4-6-15(7-5-14)20(24)27-2/h4-9,11,13H,10,12H2,1-3H3,(H,21,23).